The van der Waals surface area contributed by atoms with Crippen molar-refractivity contribution in [1.82, 2.24) is 10.3 Å². The number of guanidine groups is 1. The maximum Gasteiger partial charge on any atom is 0.262 e. The largest absolute Gasteiger partial charge is 0.490 e. The predicted octanol–water partition coefficient (Wildman–Crippen LogP) is 3.13. The van der Waals surface area contributed by atoms with Crippen LogP contribution in [0.25, 0.3) is 0 Å². The molecule has 38 heavy (non-hydrogen) atoms. The fourth-order valence-corrected chi connectivity index (χ4v) is 3.98. The number of pyridine rings is 1. The van der Waals surface area contributed by atoms with Crippen molar-refractivity contribution in [2.45, 2.75) is 13.0 Å². The van der Waals surface area contributed by atoms with Crippen LogP contribution >= 0.6 is 11.6 Å². The molecule has 0 saturated heterocycles. The number of nitriles is 2. The first-order valence-electron chi connectivity index (χ1n) is 11.3. The normalized spacial score (nSPS) is 13.6. The van der Waals surface area contributed by atoms with Gasteiger partial charge < -0.3 is 31.6 Å². The van der Waals surface area contributed by atoms with Crippen molar-refractivity contribution in [2.24, 2.45) is 4.99 Å². The van der Waals surface area contributed by atoms with E-state index in [9.17, 15) is 10.1 Å². The van der Waals surface area contributed by atoms with Crippen LogP contribution in [-0.4, -0.2) is 30.1 Å². The Bertz CT molecular complexity index is 1510. The van der Waals surface area contributed by atoms with Crippen molar-refractivity contribution < 1.29 is 14.3 Å². The second-order valence-electron chi connectivity index (χ2n) is 7.86. The Hall–Kier alpha value is -5.20. The Balaban J connectivity index is 1.65. The third-order valence-electron chi connectivity index (χ3n) is 5.45. The van der Waals surface area contributed by atoms with E-state index < -0.39 is 11.9 Å². The molecule has 13 heteroatoms. The summed E-state index contributed by atoms with van der Waals surface area (Å²) in [5.74, 6) is 0.584. The summed E-state index contributed by atoms with van der Waals surface area (Å²) in [5.41, 5.74) is 13.8. The van der Waals surface area contributed by atoms with Crippen molar-refractivity contribution >= 4 is 46.5 Å². The third-order valence-corrected chi connectivity index (χ3v) is 5.78. The minimum atomic E-state index is -0.765. The number of carbonyl (C=O) groups is 1. The molecule has 1 aliphatic rings. The van der Waals surface area contributed by atoms with Crippen LogP contribution in [0.1, 0.15) is 29.7 Å². The number of nitrogens with two attached hydrogens (primary N) is 2. The Morgan fingerprint density at radius 2 is 1.97 bits per heavy atom. The highest BCUT2D eigenvalue weighted by atomic mass is 35.5. The minimum Gasteiger partial charge on any atom is -0.490 e. The maximum absolute atomic E-state index is 12.4. The van der Waals surface area contributed by atoms with Gasteiger partial charge in [-0.1, -0.05) is 29.8 Å². The zero-order chi connectivity index (χ0) is 27.2. The van der Waals surface area contributed by atoms with Crippen LogP contribution in [0.3, 0.4) is 0 Å². The number of aromatic nitrogens is 1. The van der Waals surface area contributed by atoms with Crippen molar-refractivity contribution in [1.29, 1.82) is 10.5 Å². The van der Waals surface area contributed by atoms with Crippen LogP contribution in [-0.2, 0) is 4.79 Å². The van der Waals surface area contributed by atoms with Crippen LogP contribution in [0, 0.1) is 22.8 Å². The summed E-state index contributed by atoms with van der Waals surface area (Å²) < 4.78 is 11.5. The lowest BCUT2D eigenvalue weighted by molar-refractivity contribution is -0.118. The van der Waals surface area contributed by atoms with Gasteiger partial charge >= 0.3 is 0 Å². The van der Waals surface area contributed by atoms with Crippen LogP contribution in [0.4, 0.5) is 23.0 Å². The second kappa shape index (κ2) is 11.2. The van der Waals surface area contributed by atoms with Gasteiger partial charge in [0, 0.05) is 5.56 Å². The van der Waals surface area contributed by atoms with E-state index in [1.54, 1.807) is 55.6 Å². The lowest BCUT2D eigenvalue weighted by Gasteiger charge is -2.26. The van der Waals surface area contributed by atoms with Crippen LogP contribution in [0.5, 0.6) is 11.5 Å². The van der Waals surface area contributed by atoms with Crippen LogP contribution in [0.15, 0.2) is 47.5 Å². The van der Waals surface area contributed by atoms with Gasteiger partial charge in [-0.3, -0.25) is 10.1 Å². The summed E-state index contributed by atoms with van der Waals surface area (Å²) in [6, 6.07) is 13.1. The van der Waals surface area contributed by atoms with Crippen molar-refractivity contribution in [3.8, 4) is 23.8 Å². The molecule has 12 nitrogen and oxygen atoms in total. The number of ether oxygens (including phenoxy) is 2. The molecule has 1 atom stereocenters. The fourth-order valence-electron chi connectivity index (χ4n) is 3.80. The number of rotatable bonds is 7. The molecule has 1 aliphatic heterocycles. The van der Waals surface area contributed by atoms with Gasteiger partial charge in [-0.15, -0.1) is 0 Å². The molecule has 7 N–H and O–H groups in total. The maximum atomic E-state index is 12.4. The van der Waals surface area contributed by atoms with E-state index in [1.165, 1.54) is 0 Å². The first-order chi connectivity index (χ1) is 18.4. The molecule has 0 bridgehead atoms. The number of aliphatic imine (C=N–C) groups is 1. The van der Waals surface area contributed by atoms with Crippen molar-refractivity contribution in [3.05, 3.63) is 64.2 Å². The van der Waals surface area contributed by atoms with E-state index in [-0.39, 0.29) is 35.5 Å². The number of nitrogens with one attached hydrogen (secondary N) is 3. The topological polar surface area (TPSA) is 196 Å². The van der Waals surface area contributed by atoms with E-state index in [2.05, 4.69) is 25.9 Å². The van der Waals surface area contributed by atoms with E-state index in [0.717, 1.165) is 0 Å². The first-order valence-corrected chi connectivity index (χ1v) is 11.7. The van der Waals surface area contributed by atoms with Gasteiger partial charge in [0.05, 0.1) is 23.0 Å². The third kappa shape index (κ3) is 5.31. The predicted molar refractivity (Wildman–Crippen MR) is 143 cm³/mol. The van der Waals surface area contributed by atoms with E-state index in [4.69, 9.17) is 37.8 Å². The monoisotopic (exact) mass is 531 g/mol. The molecule has 192 valence electrons. The number of fused-ring (bicyclic) bond motifs is 1. The molecule has 0 radical (unpaired) electrons. The number of hydrogen-bond donors (Lipinski definition) is 5. The van der Waals surface area contributed by atoms with E-state index in [0.29, 0.717) is 39.9 Å². The molecule has 1 amide bonds. The lowest BCUT2D eigenvalue weighted by Crippen LogP contribution is -2.32. The lowest BCUT2D eigenvalue weighted by atomic mass is 9.95. The van der Waals surface area contributed by atoms with E-state index in [1.807, 2.05) is 6.07 Å². The summed E-state index contributed by atoms with van der Waals surface area (Å²) in [6.45, 7) is 1.83. The molecule has 0 aliphatic carbocycles. The molecule has 1 unspecified atom stereocenters. The van der Waals surface area contributed by atoms with Crippen molar-refractivity contribution in [3.63, 3.8) is 0 Å². The van der Waals surface area contributed by atoms with Crippen LogP contribution < -0.4 is 36.9 Å². The second-order valence-corrected chi connectivity index (χ2v) is 8.26. The molecule has 3 aromatic rings. The Morgan fingerprint density at radius 1 is 1.18 bits per heavy atom. The Labute approximate surface area is 222 Å². The van der Waals surface area contributed by atoms with Gasteiger partial charge in [0.15, 0.2) is 24.3 Å². The van der Waals surface area contributed by atoms with Gasteiger partial charge in [-0.2, -0.15) is 10.5 Å². The molecule has 1 aromatic heterocycles. The summed E-state index contributed by atoms with van der Waals surface area (Å²) in [6.07, 6.45) is 1.80. The molecule has 0 saturated carbocycles. The Morgan fingerprint density at radius 3 is 2.68 bits per heavy atom. The highest BCUT2D eigenvalue weighted by molar-refractivity contribution is 6.33. The average molecular weight is 532 g/mol. The molecule has 0 spiro atoms. The number of nitrogens with zero attached hydrogens (tertiary/aromatic N) is 4. The number of benzene rings is 2. The standard InChI is InChI=1S/C25H22ClN9O3/c1-2-37-18-9-13(7-8-17(18)38-11-19(36)32-16-6-4-3-5-15(16)26)22-20-21(29)14(10-27)23(30)34-24(20)35-25(33-22)31-12-28/h3-9,22H,2,11H2,1H3,(H,32,36)(H6,29,30,31,33,34,35). The van der Waals surface area contributed by atoms with Crippen molar-refractivity contribution in [2.75, 3.05) is 35.3 Å². The van der Waals surface area contributed by atoms with Gasteiger partial charge in [-0.25, -0.2) is 9.98 Å². The fraction of sp³-hybridized carbons (Fsp3) is 0.160. The van der Waals surface area contributed by atoms with Gasteiger partial charge in [0.2, 0.25) is 5.96 Å². The number of nitrogen functional groups attached to an aromatic ring is 2. The molecule has 2 aromatic carbocycles. The quantitative estimate of drug-likeness (QED) is 0.223. The number of halogens is 1. The number of hydrogen-bond acceptors (Lipinski definition) is 11. The average Bonchev–Trinajstić information content (AvgIpc) is 2.89. The number of anilines is 4. The van der Waals surface area contributed by atoms with Gasteiger partial charge in [0.25, 0.3) is 5.91 Å². The molecular formula is C25H22ClN9O3. The minimum absolute atomic E-state index is 0.0250. The van der Waals surface area contributed by atoms with Crippen LogP contribution in [0.2, 0.25) is 5.02 Å². The highest BCUT2D eigenvalue weighted by Crippen LogP contribution is 2.42. The first kappa shape index (κ1) is 25.9. The molecule has 0 fully saturated rings. The SMILES string of the molecule is CCOc1cc(C2N=C(NC#N)Nc3nc(N)c(C#N)c(N)c32)ccc1OCC(=O)Nc1ccccc1Cl. The zero-order valence-corrected chi connectivity index (χ0v) is 20.8. The summed E-state index contributed by atoms with van der Waals surface area (Å²) >= 11 is 6.10. The summed E-state index contributed by atoms with van der Waals surface area (Å²) in [5, 5.41) is 27.0. The smallest absolute Gasteiger partial charge is 0.262 e. The number of para-hydroxylation sites is 1. The molecule has 2 heterocycles. The summed E-state index contributed by atoms with van der Waals surface area (Å²) in [4.78, 5) is 21.2. The van der Waals surface area contributed by atoms with Gasteiger partial charge in [-0.05, 0) is 36.8 Å². The highest BCUT2D eigenvalue weighted by Gasteiger charge is 2.30. The zero-order valence-electron chi connectivity index (χ0n) is 20.1. The molecular weight excluding hydrogens is 510 g/mol. The number of amides is 1. The summed E-state index contributed by atoms with van der Waals surface area (Å²) in [7, 11) is 0. The molecule has 4 rings (SSSR count). The Kier molecular flexibility index (Phi) is 7.66. The van der Waals surface area contributed by atoms with Gasteiger partial charge in [0.1, 0.15) is 29.3 Å². The number of carbonyl (C=O) groups excluding carboxylic acids is 1. The van der Waals surface area contributed by atoms with E-state index >= 15 is 0 Å².